The fourth-order valence-electron chi connectivity index (χ4n) is 1.86. The third kappa shape index (κ3) is 3.75. The van der Waals surface area contributed by atoms with Gasteiger partial charge in [0.25, 0.3) is 0 Å². The summed E-state index contributed by atoms with van der Waals surface area (Å²) >= 11 is 6.02. The van der Waals surface area contributed by atoms with Crippen molar-refractivity contribution in [2.75, 3.05) is 7.11 Å². The highest BCUT2D eigenvalue weighted by atomic mass is 35.5. The van der Waals surface area contributed by atoms with Crippen LogP contribution in [0.15, 0.2) is 47.4 Å². The molecule has 0 amide bonds. The van der Waals surface area contributed by atoms with Crippen molar-refractivity contribution in [3.63, 3.8) is 0 Å². The van der Waals surface area contributed by atoms with Crippen molar-refractivity contribution < 1.29 is 13.2 Å². The molecule has 21 heavy (non-hydrogen) atoms. The normalized spacial score (nSPS) is 11.4. The molecule has 1 N–H and O–H groups in total. The molecule has 0 aliphatic rings. The number of hydrogen-bond donors (Lipinski definition) is 1. The first-order valence-corrected chi connectivity index (χ1v) is 8.18. The van der Waals surface area contributed by atoms with E-state index in [9.17, 15) is 8.42 Å². The van der Waals surface area contributed by atoms with Gasteiger partial charge in [0, 0.05) is 11.6 Å². The van der Waals surface area contributed by atoms with Gasteiger partial charge >= 0.3 is 0 Å². The fourth-order valence-corrected chi connectivity index (χ4v) is 3.28. The zero-order valence-corrected chi connectivity index (χ0v) is 13.3. The van der Waals surface area contributed by atoms with Crippen LogP contribution in [-0.4, -0.2) is 15.5 Å². The first-order valence-electron chi connectivity index (χ1n) is 6.32. The van der Waals surface area contributed by atoms with Gasteiger partial charge in [-0.1, -0.05) is 41.9 Å². The SMILES string of the molecule is COc1cc(C)c(Cl)cc1S(=O)(=O)NCc1ccccc1. The minimum Gasteiger partial charge on any atom is -0.495 e. The number of nitrogens with one attached hydrogen (secondary N) is 1. The molecule has 0 unspecified atom stereocenters. The van der Waals surface area contributed by atoms with Gasteiger partial charge < -0.3 is 4.74 Å². The molecule has 0 aromatic heterocycles. The maximum Gasteiger partial charge on any atom is 0.244 e. The molecular weight excluding hydrogens is 310 g/mol. The van der Waals surface area contributed by atoms with Gasteiger partial charge in [-0.2, -0.15) is 0 Å². The molecule has 0 atom stereocenters. The van der Waals surface area contributed by atoms with E-state index in [1.165, 1.54) is 13.2 Å². The maximum atomic E-state index is 12.4. The van der Waals surface area contributed by atoms with Crippen LogP contribution in [0.4, 0.5) is 0 Å². The van der Waals surface area contributed by atoms with Crippen molar-refractivity contribution in [3.05, 3.63) is 58.6 Å². The Labute approximate surface area is 129 Å². The van der Waals surface area contributed by atoms with Crippen molar-refractivity contribution in [1.29, 1.82) is 0 Å². The number of benzene rings is 2. The van der Waals surface area contributed by atoms with Crippen molar-refractivity contribution >= 4 is 21.6 Å². The third-order valence-corrected chi connectivity index (χ3v) is 4.87. The molecule has 0 aliphatic heterocycles. The van der Waals surface area contributed by atoms with Crippen LogP contribution >= 0.6 is 11.6 Å². The van der Waals surface area contributed by atoms with E-state index in [4.69, 9.17) is 16.3 Å². The summed E-state index contributed by atoms with van der Waals surface area (Å²) in [5.41, 5.74) is 1.63. The van der Waals surface area contributed by atoms with Crippen LogP contribution < -0.4 is 9.46 Å². The van der Waals surface area contributed by atoms with Crippen LogP contribution in [0.2, 0.25) is 5.02 Å². The Morgan fingerprint density at radius 3 is 2.48 bits per heavy atom. The molecule has 0 aliphatic carbocycles. The lowest BCUT2D eigenvalue weighted by atomic mass is 10.2. The molecule has 2 aromatic rings. The van der Waals surface area contributed by atoms with Crippen LogP contribution in [0.1, 0.15) is 11.1 Å². The molecule has 0 saturated heterocycles. The van der Waals surface area contributed by atoms with E-state index in [0.717, 1.165) is 11.1 Å². The van der Waals surface area contributed by atoms with Crippen molar-refractivity contribution in [2.45, 2.75) is 18.4 Å². The average molecular weight is 326 g/mol. The van der Waals surface area contributed by atoms with Crippen molar-refractivity contribution in [1.82, 2.24) is 4.72 Å². The summed E-state index contributed by atoms with van der Waals surface area (Å²) in [7, 11) is -2.27. The second-order valence-corrected chi connectivity index (χ2v) is 6.70. The van der Waals surface area contributed by atoms with Gasteiger partial charge in [0.1, 0.15) is 10.6 Å². The first kappa shape index (κ1) is 15.8. The standard InChI is InChI=1S/C15H16ClNO3S/c1-11-8-14(20-2)15(9-13(11)16)21(18,19)17-10-12-6-4-3-5-7-12/h3-9,17H,10H2,1-2H3. The topological polar surface area (TPSA) is 55.4 Å². The molecule has 112 valence electrons. The average Bonchev–Trinajstić information content (AvgIpc) is 2.48. The minimum absolute atomic E-state index is 0.0385. The van der Waals surface area contributed by atoms with Gasteiger partial charge in [0.15, 0.2) is 0 Å². The highest BCUT2D eigenvalue weighted by molar-refractivity contribution is 7.89. The molecule has 0 radical (unpaired) electrons. The summed E-state index contributed by atoms with van der Waals surface area (Å²) in [5.74, 6) is 0.275. The number of rotatable bonds is 5. The van der Waals surface area contributed by atoms with Crippen LogP contribution in [0.25, 0.3) is 0 Å². The van der Waals surface area contributed by atoms with E-state index < -0.39 is 10.0 Å². The maximum absolute atomic E-state index is 12.4. The smallest absolute Gasteiger partial charge is 0.244 e. The monoisotopic (exact) mass is 325 g/mol. The van der Waals surface area contributed by atoms with Crippen LogP contribution in [0.3, 0.4) is 0 Å². The molecule has 2 rings (SSSR count). The van der Waals surface area contributed by atoms with Crippen molar-refractivity contribution in [3.8, 4) is 5.75 Å². The van der Waals surface area contributed by atoms with Gasteiger partial charge in [-0.3, -0.25) is 0 Å². The Morgan fingerprint density at radius 1 is 1.19 bits per heavy atom. The summed E-state index contributed by atoms with van der Waals surface area (Å²) in [6.45, 7) is 2.00. The van der Waals surface area contributed by atoms with Crippen LogP contribution in [0.5, 0.6) is 5.75 Å². The molecule has 0 bridgehead atoms. The number of hydrogen-bond acceptors (Lipinski definition) is 3. The van der Waals surface area contributed by atoms with E-state index in [-0.39, 0.29) is 17.2 Å². The van der Waals surface area contributed by atoms with Gasteiger partial charge in [-0.05, 0) is 30.2 Å². The highest BCUT2D eigenvalue weighted by Crippen LogP contribution is 2.30. The molecule has 0 spiro atoms. The summed E-state index contributed by atoms with van der Waals surface area (Å²) in [6.07, 6.45) is 0. The Morgan fingerprint density at radius 2 is 1.86 bits per heavy atom. The molecular formula is C15H16ClNO3S. The third-order valence-electron chi connectivity index (χ3n) is 3.04. The predicted octanol–water partition coefficient (Wildman–Crippen LogP) is 3.14. The second kappa shape index (κ2) is 6.47. The number of ether oxygens (including phenoxy) is 1. The van der Waals surface area contributed by atoms with Gasteiger partial charge in [-0.25, -0.2) is 13.1 Å². The van der Waals surface area contributed by atoms with E-state index in [0.29, 0.717) is 5.02 Å². The highest BCUT2D eigenvalue weighted by Gasteiger charge is 2.20. The zero-order valence-electron chi connectivity index (χ0n) is 11.8. The number of sulfonamides is 1. The zero-order chi connectivity index (χ0) is 15.5. The lowest BCUT2D eigenvalue weighted by molar-refractivity contribution is 0.402. The van der Waals surface area contributed by atoms with Gasteiger partial charge in [0.05, 0.1) is 7.11 Å². The van der Waals surface area contributed by atoms with E-state index in [2.05, 4.69) is 4.72 Å². The molecule has 0 fully saturated rings. The van der Waals surface area contributed by atoms with Crippen LogP contribution in [-0.2, 0) is 16.6 Å². The lowest BCUT2D eigenvalue weighted by Gasteiger charge is -2.12. The largest absolute Gasteiger partial charge is 0.495 e. The summed E-state index contributed by atoms with van der Waals surface area (Å²) in [4.78, 5) is 0.0385. The number of aryl methyl sites for hydroxylation is 1. The summed E-state index contributed by atoms with van der Waals surface area (Å²) < 4.78 is 32.5. The molecule has 2 aromatic carbocycles. The van der Waals surface area contributed by atoms with E-state index in [1.54, 1.807) is 13.0 Å². The van der Waals surface area contributed by atoms with Gasteiger partial charge in [0.2, 0.25) is 10.0 Å². The Bertz CT molecular complexity index is 730. The summed E-state index contributed by atoms with van der Waals surface area (Å²) in [5, 5.41) is 0.385. The first-order chi connectivity index (χ1) is 9.94. The number of halogens is 1. The Hall–Kier alpha value is -1.56. The lowest BCUT2D eigenvalue weighted by Crippen LogP contribution is -2.23. The molecule has 0 saturated carbocycles. The molecule has 0 heterocycles. The Kier molecular flexibility index (Phi) is 4.88. The van der Waals surface area contributed by atoms with E-state index in [1.807, 2.05) is 30.3 Å². The Balaban J connectivity index is 2.29. The van der Waals surface area contributed by atoms with Gasteiger partial charge in [-0.15, -0.1) is 0 Å². The number of methoxy groups -OCH3 is 1. The predicted molar refractivity (Wildman–Crippen MR) is 83.2 cm³/mol. The summed E-state index contributed by atoms with van der Waals surface area (Å²) in [6, 6.07) is 12.3. The quantitative estimate of drug-likeness (QED) is 0.918. The fraction of sp³-hybridized carbons (Fsp3) is 0.200. The van der Waals surface area contributed by atoms with Crippen LogP contribution in [0, 0.1) is 6.92 Å². The molecule has 6 heteroatoms. The van der Waals surface area contributed by atoms with Crippen molar-refractivity contribution in [2.24, 2.45) is 0 Å². The minimum atomic E-state index is -3.70. The van der Waals surface area contributed by atoms with E-state index >= 15 is 0 Å². The second-order valence-electron chi connectivity index (χ2n) is 4.56. The molecule has 4 nitrogen and oxygen atoms in total.